The summed E-state index contributed by atoms with van der Waals surface area (Å²) in [6.45, 7) is 5.38. The van der Waals surface area contributed by atoms with Crippen LogP contribution in [0.25, 0.3) is 0 Å². The molecule has 138 valence electrons. The SMILES string of the molecule is Cc1cccc(Oc2ncccc2NC(=O)N(C)CC2CCCO2)c1C. The standard InChI is InChI=1S/C20H25N3O3/c1-14-7-4-10-18(15(14)2)26-19-17(9-5-11-21-19)22-20(24)23(3)13-16-8-6-12-25-16/h4-5,7,9-11,16H,6,8,12-13H2,1-3H3,(H,22,24). The number of carbonyl (C=O) groups is 1. The van der Waals surface area contributed by atoms with E-state index in [1.165, 1.54) is 0 Å². The third-order valence-corrected chi connectivity index (χ3v) is 4.62. The summed E-state index contributed by atoms with van der Waals surface area (Å²) in [6, 6.07) is 9.21. The van der Waals surface area contributed by atoms with Gasteiger partial charge in [0.05, 0.1) is 6.10 Å². The van der Waals surface area contributed by atoms with Crippen LogP contribution in [0.4, 0.5) is 10.5 Å². The molecule has 0 aliphatic carbocycles. The number of amides is 2. The molecule has 2 heterocycles. The predicted octanol–water partition coefficient (Wildman–Crippen LogP) is 4.13. The molecule has 1 N–H and O–H groups in total. The smallest absolute Gasteiger partial charge is 0.321 e. The molecular weight excluding hydrogens is 330 g/mol. The number of aromatic nitrogens is 1. The van der Waals surface area contributed by atoms with E-state index in [-0.39, 0.29) is 12.1 Å². The maximum absolute atomic E-state index is 12.5. The van der Waals surface area contributed by atoms with Gasteiger partial charge in [-0.3, -0.25) is 0 Å². The fourth-order valence-electron chi connectivity index (χ4n) is 2.89. The van der Waals surface area contributed by atoms with Crippen LogP contribution in [0, 0.1) is 13.8 Å². The van der Waals surface area contributed by atoms with Crippen LogP contribution >= 0.6 is 0 Å². The number of nitrogens with one attached hydrogen (secondary N) is 1. The van der Waals surface area contributed by atoms with Crippen molar-refractivity contribution in [3.05, 3.63) is 47.7 Å². The molecular formula is C20H25N3O3. The summed E-state index contributed by atoms with van der Waals surface area (Å²) in [5.74, 6) is 1.10. The van der Waals surface area contributed by atoms with E-state index < -0.39 is 0 Å². The van der Waals surface area contributed by atoms with Crippen LogP contribution < -0.4 is 10.1 Å². The van der Waals surface area contributed by atoms with Gasteiger partial charge in [-0.2, -0.15) is 0 Å². The zero-order valence-electron chi connectivity index (χ0n) is 15.5. The highest BCUT2D eigenvalue weighted by atomic mass is 16.5. The highest BCUT2D eigenvalue weighted by Crippen LogP contribution is 2.30. The molecule has 0 saturated carbocycles. The lowest BCUT2D eigenvalue weighted by molar-refractivity contribution is 0.0894. The molecule has 1 saturated heterocycles. The van der Waals surface area contributed by atoms with Crippen molar-refractivity contribution in [1.82, 2.24) is 9.88 Å². The number of aryl methyl sites for hydroxylation is 1. The Morgan fingerprint density at radius 2 is 2.19 bits per heavy atom. The van der Waals surface area contributed by atoms with E-state index in [0.29, 0.717) is 18.1 Å². The van der Waals surface area contributed by atoms with Gasteiger partial charge in [-0.1, -0.05) is 12.1 Å². The minimum atomic E-state index is -0.209. The Kier molecular flexibility index (Phi) is 5.73. The minimum Gasteiger partial charge on any atom is -0.437 e. The summed E-state index contributed by atoms with van der Waals surface area (Å²) in [5, 5.41) is 2.88. The van der Waals surface area contributed by atoms with Gasteiger partial charge >= 0.3 is 6.03 Å². The number of rotatable bonds is 5. The van der Waals surface area contributed by atoms with Gasteiger partial charge in [0.1, 0.15) is 11.4 Å². The van der Waals surface area contributed by atoms with Gasteiger partial charge in [0.25, 0.3) is 0 Å². The normalized spacial score (nSPS) is 16.3. The number of benzene rings is 1. The van der Waals surface area contributed by atoms with Crippen molar-refractivity contribution in [1.29, 1.82) is 0 Å². The summed E-state index contributed by atoms with van der Waals surface area (Å²) in [4.78, 5) is 18.4. The van der Waals surface area contributed by atoms with Crippen LogP contribution in [-0.4, -0.2) is 42.2 Å². The number of urea groups is 1. The quantitative estimate of drug-likeness (QED) is 0.876. The van der Waals surface area contributed by atoms with E-state index in [4.69, 9.17) is 9.47 Å². The molecule has 3 rings (SSSR count). The van der Waals surface area contributed by atoms with E-state index in [1.807, 2.05) is 32.0 Å². The van der Waals surface area contributed by atoms with Gasteiger partial charge in [0, 0.05) is 26.4 Å². The Bertz CT molecular complexity index is 773. The fraction of sp³-hybridized carbons (Fsp3) is 0.400. The summed E-state index contributed by atoms with van der Waals surface area (Å²) in [5.41, 5.74) is 2.73. The van der Waals surface area contributed by atoms with E-state index in [2.05, 4.69) is 10.3 Å². The average molecular weight is 355 g/mol. The molecule has 0 bridgehead atoms. The summed E-state index contributed by atoms with van der Waals surface area (Å²) >= 11 is 0. The zero-order valence-corrected chi connectivity index (χ0v) is 15.5. The molecule has 1 unspecified atom stereocenters. The molecule has 2 amide bonds. The first-order valence-corrected chi connectivity index (χ1v) is 8.87. The number of pyridine rings is 1. The van der Waals surface area contributed by atoms with Crippen molar-refractivity contribution < 1.29 is 14.3 Å². The van der Waals surface area contributed by atoms with E-state index in [9.17, 15) is 4.79 Å². The lowest BCUT2D eigenvalue weighted by Crippen LogP contribution is -2.37. The van der Waals surface area contributed by atoms with Crippen molar-refractivity contribution in [2.24, 2.45) is 0 Å². The molecule has 6 nitrogen and oxygen atoms in total. The van der Waals surface area contributed by atoms with Crippen molar-refractivity contribution in [2.45, 2.75) is 32.8 Å². The molecule has 6 heteroatoms. The number of ether oxygens (including phenoxy) is 2. The maximum Gasteiger partial charge on any atom is 0.321 e. The van der Waals surface area contributed by atoms with E-state index in [0.717, 1.165) is 36.3 Å². The molecule has 1 aliphatic rings. The average Bonchev–Trinajstić information content (AvgIpc) is 3.13. The van der Waals surface area contributed by atoms with Crippen molar-refractivity contribution in [2.75, 3.05) is 25.5 Å². The second-order valence-electron chi connectivity index (χ2n) is 6.60. The Morgan fingerprint density at radius 3 is 2.96 bits per heavy atom. The van der Waals surface area contributed by atoms with Crippen molar-refractivity contribution in [3.63, 3.8) is 0 Å². The number of hydrogen-bond acceptors (Lipinski definition) is 4. The first-order valence-electron chi connectivity index (χ1n) is 8.87. The van der Waals surface area contributed by atoms with Gasteiger partial charge in [0.2, 0.25) is 5.88 Å². The van der Waals surface area contributed by atoms with Crippen LogP contribution in [0.3, 0.4) is 0 Å². The monoisotopic (exact) mass is 355 g/mol. The second kappa shape index (κ2) is 8.19. The third kappa shape index (κ3) is 4.32. The van der Waals surface area contributed by atoms with Crippen LogP contribution in [0.1, 0.15) is 24.0 Å². The lowest BCUT2D eigenvalue weighted by atomic mass is 10.1. The molecule has 1 atom stereocenters. The van der Waals surface area contributed by atoms with Gasteiger partial charge < -0.3 is 19.7 Å². The Balaban J connectivity index is 1.70. The summed E-state index contributed by atoms with van der Waals surface area (Å²) in [7, 11) is 1.76. The Morgan fingerprint density at radius 1 is 1.35 bits per heavy atom. The topological polar surface area (TPSA) is 63.7 Å². The minimum absolute atomic E-state index is 0.116. The van der Waals surface area contributed by atoms with Gasteiger partial charge in [-0.05, 0) is 56.0 Å². The Hall–Kier alpha value is -2.60. The highest BCUT2D eigenvalue weighted by molar-refractivity contribution is 5.90. The van der Waals surface area contributed by atoms with Gasteiger partial charge in [-0.15, -0.1) is 0 Å². The largest absolute Gasteiger partial charge is 0.437 e. The zero-order chi connectivity index (χ0) is 18.5. The maximum atomic E-state index is 12.5. The van der Waals surface area contributed by atoms with Crippen LogP contribution in [-0.2, 0) is 4.74 Å². The first-order chi connectivity index (χ1) is 12.5. The second-order valence-corrected chi connectivity index (χ2v) is 6.60. The van der Waals surface area contributed by atoms with E-state index >= 15 is 0 Å². The molecule has 0 radical (unpaired) electrons. The number of nitrogens with zero attached hydrogens (tertiary/aromatic N) is 2. The summed E-state index contributed by atoms with van der Waals surface area (Å²) < 4.78 is 11.6. The molecule has 1 aliphatic heterocycles. The lowest BCUT2D eigenvalue weighted by Gasteiger charge is -2.22. The number of carbonyl (C=O) groups excluding carboxylic acids is 1. The number of anilines is 1. The molecule has 26 heavy (non-hydrogen) atoms. The molecule has 0 spiro atoms. The van der Waals surface area contributed by atoms with E-state index in [1.54, 1.807) is 30.3 Å². The fourth-order valence-corrected chi connectivity index (χ4v) is 2.89. The van der Waals surface area contributed by atoms with Crippen molar-refractivity contribution >= 4 is 11.7 Å². The van der Waals surface area contributed by atoms with Gasteiger partial charge in [0.15, 0.2) is 0 Å². The van der Waals surface area contributed by atoms with Crippen molar-refractivity contribution in [3.8, 4) is 11.6 Å². The Labute approximate surface area is 154 Å². The number of likely N-dealkylation sites (N-methyl/N-ethyl adjacent to an activating group) is 1. The predicted molar refractivity (Wildman–Crippen MR) is 101 cm³/mol. The highest BCUT2D eigenvalue weighted by Gasteiger charge is 2.21. The van der Waals surface area contributed by atoms with Crippen LogP contribution in [0.2, 0.25) is 0 Å². The number of hydrogen-bond donors (Lipinski definition) is 1. The van der Waals surface area contributed by atoms with Gasteiger partial charge in [-0.25, -0.2) is 9.78 Å². The summed E-state index contributed by atoms with van der Waals surface area (Å²) in [6.07, 6.45) is 3.80. The van der Waals surface area contributed by atoms with Crippen LogP contribution in [0.5, 0.6) is 11.6 Å². The molecule has 1 fully saturated rings. The third-order valence-electron chi connectivity index (χ3n) is 4.62. The molecule has 1 aromatic carbocycles. The van der Waals surface area contributed by atoms with Crippen LogP contribution in [0.15, 0.2) is 36.5 Å². The first kappa shape index (κ1) is 18.2. The molecule has 2 aromatic rings. The molecule has 1 aromatic heterocycles.